The number of likely N-dealkylation sites (N-methyl/N-ethyl adjacent to an activating group) is 1. The van der Waals surface area contributed by atoms with Gasteiger partial charge in [0.05, 0.1) is 5.69 Å². The van der Waals surface area contributed by atoms with E-state index in [1.54, 1.807) is 18.5 Å². The fourth-order valence-corrected chi connectivity index (χ4v) is 3.88. The van der Waals surface area contributed by atoms with Crippen LogP contribution in [-0.4, -0.2) is 51.4 Å². The largest absolute Gasteiger partial charge is 0.350 e. The lowest BCUT2D eigenvalue weighted by molar-refractivity contribution is 0.0944. The highest BCUT2D eigenvalue weighted by molar-refractivity contribution is 7.17. The number of thiazole rings is 1. The van der Waals surface area contributed by atoms with Crippen molar-refractivity contribution in [2.75, 3.05) is 19.6 Å². The smallest absolute Gasteiger partial charge is 0.263 e. The Labute approximate surface area is 140 Å². The van der Waals surface area contributed by atoms with Gasteiger partial charge in [-0.25, -0.2) is 15.0 Å². The molecule has 122 valence electrons. The van der Waals surface area contributed by atoms with Gasteiger partial charge in [-0.3, -0.25) is 9.69 Å². The number of hydrogen-bond acceptors (Lipinski definition) is 6. The molecule has 1 fully saturated rings. The van der Waals surface area contributed by atoms with Crippen molar-refractivity contribution in [1.29, 1.82) is 0 Å². The van der Waals surface area contributed by atoms with Crippen LogP contribution in [0.4, 0.5) is 0 Å². The molecule has 23 heavy (non-hydrogen) atoms. The second-order valence-corrected chi connectivity index (χ2v) is 6.64. The molecule has 1 N–H and O–H groups in total. The van der Waals surface area contributed by atoms with Crippen LogP contribution in [-0.2, 0) is 0 Å². The van der Waals surface area contributed by atoms with E-state index in [-0.39, 0.29) is 5.91 Å². The molecule has 0 bridgehead atoms. The van der Waals surface area contributed by atoms with Gasteiger partial charge in [0, 0.05) is 25.0 Å². The summed E-state index contributed by atoms with van der Waals surface area (Å²) in [4.78, 5) is 28.3. The van der Waals surface area contributed by atoms with Crippen LogP contribution in [0.25, 0.3) is 10.8 Å². The highest BCUT2D eigenvalue weighted by Gasteiger charge is 2.24. The summed E-state index contributed by atoms with van der Waals surface area (Å²) < 4.78 is 0. The number of aryl methyl sites for hydroxylation is 1. The molecule has 3 rings (SSSR count). The molecule has 1 atom stereocenters. The van der Waals surface area contributed by atoms with Gasteiger partial charge in [0.1, 0.15) is 4.88 Å². The van der Waals surface area contributed by atoms with E-state index in [1.165, 1.54) is 17.8 Å². The number of aromatic nitrogens is 3. The Hall–Kier alpha value is -1.86. The van der Waals surface area contributed by atoms with Crippen molar-refractivity contribution >= 4 is 17.2 Å². The highest BCUT2D eigenvalue weighted by Crippen LogP contribution is 2.25. The first-order chi connectivity index (χ1) is 11.2. The summed E-state index contributed by atoms with van der Waals surface area (Å²) in [5.74, 6) is 0.512. The molecule has 0 unspecified atom stereocenters. The van der Waals surface area contributed by atoms with E-state index < -0.39 is 0 Å². The van der Waals surface area contributed by atoms with Crippen LogP contribution in [0.1, 0.15) is 35.1 Å². The van der Waals surface area contributed by atoms with E-state index in [2.05, 4.69) is 32.1 Å². The van der Waals surface area contributed by atoms with Gasteiger partial charge in [0.15, 0.2) is 10.8 Å². The van der Waals surface area contributed by atoms with Crippen LogP contribution in [0.2, 0.25) is 0 Å². The molecular formula is C16H21N5OS. The van der Waals surface area contributed by atoms with E-state index in [0.717, 1.165) is 25.2 Å². The lowest BCUT2D eigenvalue weighted by Crippen LogP contribution is -2.39. The Morgan fingerprint density at radius 3 is 2.96 bits per heavy atom. The van der Waals surface area contributed by atoms with Crippen LogP contribution in [0.5, 0.6) is 0 Å². The number of hydrogen-bond donors (Lipinski definition) is 1. The fraction of sp³-hybridized carbons (Fsp3) is 0.500. The number of amides is 1. The average molecular weight is 331 g/mol. The first-order valence-electron chi connectivity index (χ1n) is 7.96. The van der Waals surface area contributed by atoms with Crippen molar-refractivity contribution in [1.82, 2.24) is 25.2 Å². The number of likely N-dealkylation sites (tertiary alicyclic amines) is 1. The Morgan fingerprint density at radius 1 is 1.43 bits per heavy atom. The Kier molecular flexibility index (Phi) is 4.97. The molecular weight excluding hydrogens is 310 g/mol. The predicted octanol–water partition coefficient (Wildman–Crippen LogP) is 2.12. The topological polar surface area (TPSA) is 71.0 Å². The minimum atomic E-state index is -0.0508. The molecule has 2 aromatic rings. The molecule has 0 saturated carbocycles. The highest BCUT2D eigenvalue weighted by atomic mass is 32.1. The Bertz CT molecular complexity index is 672. The van der Waals surface area contributed by atoms with Crippen LogP contribution in [0.15, 0.2) is 18.5 Å². The fourth-order valence-electron chi connectivity index (χ4n) is 2.95. The minimum absolute atomic E-state index is 0.0508. The summed E-state index contributed by atoms with van der Waals surface area (Å²) in [7, 11) is 0. The number of rotatable bonds is 5. The minimum Gasteiger partial charge on any atom is -0.350 e. The first-order valence-corrected chi connectivity index (χ1v) is 8.77. The maximum atomic E-state index is 12.5. The molecule has 7 heteroatoms. The number of nitrogens with one attached hydrogen (secondary N) is 1. The van der Waals surface area contributed by atoms with E-state index in [9.17, 15) is 4.79 Å². The molecule has 1 amide bonds. The lowest BCUT2D eigenvalue weighted by atomic mass is 10.2. The third-order valence-corrected chi connectivity index (χ3v) is 5.32. The molecule has 0 aromatic carbocycles. The molecule has 6 nitrogen and oxygen atoms in total. The third-order valence-electron chi connectivity index (χ3n) is 4.16. The van der Waals surface area contributed by atoms with Gasteiger partial charge in [-0.15, -0.1) is 11.3 Å². The molecule has 0 radical (unpaired) electrons. The normalized spacial score (nSPS) is 18.3. The quantitative estimate of drug-likeness (QED) is 0.909. The van der Waals surface area contributed by atoms with Crippen LogP contribution in [0, 0.1) is 6.92 Å². The van der Waals surface area contributed by atoms with Crippen molar-refractivity contribution in [3.05, 3.63) is 29.0 Å². The van der Waals surface area contributed by atoms with E-state index in [4.69, 9.17) is 0 Å². The summed E-state index contributed by atoms with van der Waals surface area (Å²) in [5, 5.41) is 3.74. The first kappa shape index (κ1) is 16.0. The van der Waals surface area contributed by atoms with E-state index in [0.29, 0.717) is 28.3 Å². The van der Waals surface area contributed by atoms with Gasteiger partial charge >= 0.3 is 0 Å². The van der Waals surface area contributed by atoms with Gasteiger partial charge in [-0.2, -0.15) is 0 Å². The SMILES string of the molecule is CCN1CCC[C@H]1CNC(=O)c1sc(-c2ncccn2)nc1C. The molecule has 1 aliphatic heterocycles. The average Bonchev–Trinajstić information content (AvgIpc) is 3.19. The monoisotopic (exact) mass is 331 g/mol. The Balaban J connectivity index is 1.67. The van der Waals surface area contributed by atoms with Crippen molar-refractivity contribution in [2.24, 2.45) is 0 Å². The van der Waals surface area contributed by atoms with Crippen LogP contribution in [0.3, 0.4) is 0 Å². The van der Waals surface area contributed by atoms with E-state index >= 15 is 0 Å². The summed E-state index contributed by atoms with van der Waals surface area (Å²) in [6.07, 6.45) is 5.72. The maximum Gasteiger partial charge on any atom is 0.263 e. The zero-order valence-corrected chi connectivity index (χ0v) is 14.3. The summed E-state index contributed by atoms with van der Waals surface area (Å²) >= 11 is 1.35. The summed E-state index contributed by atoms with van der Waals surface area (Å²) in [6, 6.07) is 2.22. The zero-order chi connectivity index (χ0) is 16.2. The molecule has 0 aliphatic carbocycles. The molecule has 1 aliphatic rings. The van der Waals surface area contributed by atoms with Gasteiger partial charge < -0.3 is 5.32 Å². The number of carbonyl (C=O) groups excluding carboxylic acids is 1. The van der Waals surface area contributed by atoms with Crippen molar-refractivity contribution in [3.8, 4) is 10.8 Å². The zero-order valence-electron chi connectivity index (χ0n) is 13.5. The van der Waals surface area contributed by atoms with Crippen molar-refractivity contribution < 1.29 is 4.79 Å². The van der Waals surface area contributed by atoms with Crippen molar-refractivity contribution in [3.63, 3.8) is 0 Å². The summed E-state index contributed by atoms with van der Waals surface area (Å²) in [6.45, 7) is 6.88. The second-order valence-electron chi connectivity index (χ2n) is 5.64. The molecule has 1 saturated heterocycles. The van der Waals surface area contributed by atoms with Gasteiger partial charge in [-0.1, -0.05) is 6.92 Å². The Morgan fingerprint density at radius 2 is 2.22 bits per heavy atom. The maximum absolute atomic E-state index is 12.5. The van der Waals surface area contributed by atoms with Crippen molar-refractivity contribution in [2.45, 2.75) is 32.7 Å². The number of carbonyl (C=O) groups is 1. The molecule has 0 spiro atoms. The van der Waals surface area contributed by atoms with E-state index in [1.807, 2.05) is 6.92 Å². The third kappa shape index (κ3) is 3.56. The van der Waals surface area contributed by atoms with Crippen LogP contribution < -0.4 is 5.32 Å². The molecule has 2 aromatic heterocycles. The van der Waals surface area contributed by atoms with Gasteiger partial charge in [-0.05, 0) is 38.9 Å². The summed E-state index contributed by atoms with van der Waals surface area (Å²) in [5.41, 5.74) is 0.730. The second kappa shape index (κ2) is 7.14. The van der Waals surface area contributed by atoms with Gasteiger partial charge in [0.2, 0.25) is 0 Å². The van der Waals surface area contributed by atoms with Gasteiger partial charge in [0.25, 0.3) is 5.91 Å². The lowest BCUT2D eigenvalue weighted by Gasteiger charge is -2.22. The standard InChI is InChI=1S/C16H21N5OS/c1-3-21-9-4-6-12(21)10-19-15(22)13-11(2)20-16(23-13)14-17-7-5-8-18-14/h5,7-8,12H,3-4,6,9-10H2,1-2H3,(H,19,22)/t12-/m0/s1. The number of nitrogens with zero attached hydrogens (tertiary/aromatic N) is 4. The predicted molar refractivity (Wildman–Crippen MR) is 90.5 cm³/mol. The van der Waals surface area contributed by atoms with Crippen LogP contribution >= 0.6 is 11.3 Å². The molecule has 3 heterocycles.